The summed E-state index contributed by atoms with van der Waals surface area (Å²) in [5.74, 6) is 6.18. The second-order valence-electron chi connectivity index (χ2n) is 4.71. The Labute approximate surface area is 130 Å². The monoisotopic (exact) mass is 301 g/mol. The minimum Gasteiger partial charge on any atom is -0.393 e. The molecule has 0 aromatic carbocycles. The summed E-state index contributed by atoms with van der Waals surface area (Å²) in [6.07, 6.45) is 6.51. The number of hydrogen-bond donors (Lipinski definition) is 0. The van der Waals surface area contributed by atoms with Crippen LogP contribution in [0.15, 0.2) is 41.2 Å². The minimum absolute atomic E-state index is 0.104. The molecule has 5 heteroatoms. The maximum absolute atomic E-state index is 11.8. The van der Waals surface area contributed by atoms with E-state index in [1.54, 1.807) is 6.20 Å². The van der Waals surface area contributed by atoms with Crippen LogP contribution in [0.2, 0.25) is 0 Å². The Bertz CT molecular complexity index is 573. The molecule has 1 aromatic heterocycles. The lowest BCUT2D eigenvalue weighted by molar-refractivity contribution is 0.0454. The Balaban J connectivity index is 1.85. The van der Waals surface area contributed by atoms with Gasteiger partial charge in [-0.1, -0.05) is 17.1 Å². The molecule has 116 valence electrons. The molecule has 1 aromatic rings. The molecule has 1 aliphatic carbocycles. The predicted molar refractivity (Wildman–Crippen MR) is 83.2 cm³/mol. The Hall–Kier alpha value is -2.19. The van der Waals surface area contributed by atoms with E-state index in [4.69, 9.17) is 9.57 Å². The molecule has 0 spiro atoms. The summed E-state index contributed by atoms with van der Waals surface area (Å²) in [5, 5.41) is 4.07. The number of oxime groups is 1. The molecule has 2 rings (SSSR count). The fourth-order valence-electron chi connectivity index (χ4n) is 1.94. The van der Waals surface area contributed by atoms with Gasteiger partial charge in [0.05, 0.1) is 18.9 Å². The summed E-state index contributed by atoms with van der Waals surface area (Å²) in [5.41, 5.74) is 2.67. The topological polar surface area (TPSA) is 43.7 Å². The second kappa shape index (κ2) is 9.69. The third-order valence-corrected chi connectivity index (χ3v) is 2.96. The third-order valence-electron chi connectivity index (χ3n) is 2.96. The number of nitrogens with zero attached hydrogens (tertiary/aromatic N) is 2. The van der Waals surface area contributed by atoms with Crippen LogP contribution in [0.3, 0.4) is 0 Å². The van der Waals surface area contributed by atoms with Crippen molar-refractivity contribution in [3.05, 3.63) is 41.7 Å². The maximum Gasteiger partial charge on any atom is 0.140 e. The molecule has 4 nitrogen and oxygen atoms in total. The van der Waals surface area contributed by atoms with Crippen LogP contribution in [0.4, 0.5) is 4.39 Å². The lowest BCUT2D eigenvalue weighted by atomic mass is 9.98. The summed E-state index contributed by atoms with van der Waals surface area (Å²) >= 11 is 0. The van der Waals surface area contributed by atoms with Gasteiger partial charge in [-0.05, 0) is 43.4 Å². The number of halogens is 1. The molecule has 0 saturated carbocycles. The van der Waals surface area contributed by atoms with E-state index in [0.717, 1.165) is 36.2 Å². The zero-order valence-electron chi connectivity index (χ0n) is 12.4. The molecule has 0 unspecified atom stereocenters. The molecule has 1 aliphatic rings. The van der Waals surface area contributed by atoms with Gasteiger partial charge in [0.2, 0.25) is 0 Å². The van der Waals surface area contributed by atoms with Gasteiger partial charge < -0.3 is 9.57 Å². The van der Waals surface area contributed by atoms with Crippen molar-refractivity contribution in [3.8, 4) is 11.8 Å². The summed E-state index contributed by atoms with van der Waals surface area (Å²) in [6, 6.07) is 5.66. The number of alkyl halides is 1. The molecule has 0 saturated heterocycles. The van der Waals surface area contributed by atoms with Crippen molar-refractivity contribution in [3.63, 3.8) is 0 Å². The van der Waals surface area contributed by atoms with Gasteiger partial charge in [-0.2, -0.15) is 0 Å². The highest BCUT2D eigenvalue weighted by Gasteiger charge is 2.07. The van der Waals surface area contributed by atoms with Crippen LogP contribution < -0.4 is 0 Å². The van der Waals surface area contributed by atoms with E-state index in [-0.39, 0.29) is 6.61 Å². The van der Waals surface area contributed by atoms with Crippen LogP contribution >= 0.6 is 0 Å². The zero-order chi connectivity index (χ0) is 15.5. The van der Waals surface area contributed by atoms with Crippen LogP contribution in [0.1, 0.15) is 25.0 Å². The van der Waals surface area contributed by atoms with Gasteiger partial charge >= 0.3 is 0 Å². The van der Waals surface area contributed by atoms with Crippen LogP contribution in [-0.2, 0) is 9.57 Å². The van der Waals surface area contributed by atoms with Crippen molar-refractivity contribution in [2.24, 2.45) is 5.16 Å². The number of allylic oxidation sites excluding steroid dienone is 2. The third kappa shape index (κ3) is 6.06. The molecule has 0 bridgehead atoms. The highest BCUT2D eigenvalue weighted by atomic mass is 18.2. The molecule has 0 aliphatic heterocycles. The predicted octanol–water partition coefficient (Wildman–Crippen LogP) is 2.90. The van der Waals surface area contributed by atoms with Crippen molar-refractivity contribution < 1.29 is 14.0 Å². The van der Waals surface area contributed by atoms with Gasteiger partial charge in [0, 0.05) is 11.8 Å². The number of rotatable bonds is 6. The van der Waals surface area contributed by atoms with E-state index in [2.05, 4.69) is 22.0 Å². The molecule has 0 atom stereocenters. The lowest BCUT2D eigenvalue weighted by Gasteiger charge is -2.09. The fraction of sp³-hybridized carbons (Fsp3) is 0.412. The Morgan fingerprint density at radius 3 is 2.95 bits per heavy atom. The van der Waals surface area contributed by atoms with Crippen molar-refractivity contribution in [1.29, 1.82) is 0 Å². The molecular formula is C17H19FN2O2. The van der Waals surface area contributed by atoms with Crippen LogP contribution in [0, 0.1) is 11.8 Å². The number of pyridine rings is 1. The number of hydrogen-bond acceptors (Lipinski definition) is 4. The van der Waals surface area contributed by atoms with Crippen molar-refractivity contribution in [2.75, 3.05) is 26.5 Å². The second-order valence-corrected chi connectivity index (χ2v) is 4.71. The molecular weight excluding hydrogens is 282 g/mol. The van der Waals surface area contributed by atoms with Gasteiger partial charge in [-0.3, -0.25) is 0 Å². The lowest BCUT2D eigenvalue weighted by Crippen LogP contribution is -2.07. The van der Waals surface area contributed by atoms with Gasteiger partial charge in [0.25, 0.3) is 0 Å². The Morgan fingerprint density at radius 1 is 1.18 bits per heavy atom. The molecule has 22 heavy (non-hydrogen) atoms. The highest BCUT2D eigenvalue weighted by molar-refractivity contribution is 5.96. The van der Waals surface area contributed by atoms with E-state index in [1.807, 2.05) is 24.3 Å². The first-order valence-corrected chi connectivity index (χ1v) is 7.34. The van der Waals surface area contributed by atoms with Crippen molar-refractivity contribution in [1.82, 2.24) is 4.98 Å². The average molecular weight is 301 g/mol. The van der Waals surface area contributed by atoms with Crippen molar-refractivity contribution in [2.45, 2.75) is 19.3 Å². The van der Waals surface area contributed by atoms with Crippen LogP contribution in [0.25, 0.3) is 0 Å². The molecule has 0 amide bonds. The summed E-state index contributed by atoms with van der Waals surface area (Å²) < 4.78 is 16.8. The molecule has 0 radical (unpaired) electrons. The summed E-state index contributed by atoms with van der Waals surface area (Å²) in [7, 11) is 0. The standard InChI is InChI=1S/C17H19FN2O2/c18-9-11-21-12-13-22-20-17-6-3-4-15(14-17)7-8-16-5-1-2-10-19-16/h1-2,5,10,14H,3-4,6,9,11-13H2/b20-17+/i18-1. The molecule has 0 N–H and O–H groups in total. The van der Waals surface area contributed by atoms with E-state index in [1.165, 1.54) is 0 Å². The highest BCUT2D eigenvalue weighted by Crippen LogP contribution is 2.15. The van der Waals surface area contributed by atoms with Gasteiger partial charge in [0.15, 0.2) is 0 Å². The Kier molecular flexibility index (Phi) is 7.13. The fourth-order valence-corrected chi connectivity index (χ4v) is 1.94. The smallest absolute Gasteiger partial charge is 0.140 e. The number of ether oxygens (including phenoxy) is 1. The largest absolute Gasteiger partial charge is 0.393 e. The zero-order valence-corrected chi connectivity index (χ0v) is 12.4. The average Bonchev–Trinajstić information content (AvgIpc) is 2.57. The number of aromatic nitrogens is 1. The Morgan fingerprint density at radius 2 is 2.14 bits per heavy atom. The van der Waals surface area contributed by atoms with E-state index in [9.17, 15) is 4.39 Å². The quantitative estimate of drug-likeness (QED) is 0.461. The van der Waals surface area contributed by atoms with Crippen molar-refractivity contribution >= 4 is 5.71 Å². The van der Waals surface area contributed by atoms with Gasteiger partial charge in [-0.15, -0.1) is 0 Å². The maximum atomic E-state index is 11.8. The normalized spacial score (nSPS) is 15.9. The summed E-state index contributed by atoms with van der Waals surface area (Å²) in [6.45, 7) is 0.297. The first-order valence-electron chi connectivity index (χ1n) is 7.34. The first-order chi connectivity index (χ1) is 10.9. The van der Waals surface area contributed by atoms with Gasteiger partial charge in [0.1, 0.15) is 19.0 Å². The first kappa shape index (κ1) is 16.2. The van der Waals surface area contributed by atoms with Crippen LogP contribution in [-0.4, -0.2) is 37.2 Å². The molecule has 1 heterocycles. The van der Waals surface area contributed by atoms with Crippen LogP contribution in [0.5, 0.6) is 0 Å². The van der Waals surface area contributed by atoms with E-state index in [0.29, 0.717) is 13.2 Å². The van der Waals surface area contributed by atoms with E-state index >= 15 is 0 Å². The summed E-state index contributed by atoms with van der Waals surface area (Å²) in [4.78, 5) is 9.34. The minimum atomic E-state index is -0.477. The SMILES string of the molecule is [18F]CCOCCO/N=C1/C=C(C#Cc2ccccn2)CCC1. The van der Waals surface area contributed by atoms with Gasteiger partial charge in [-0.25, -0.2) is 9.37 Å². The molecule has 0 fully saturated rings. The van der Waals surface area contributed by atoms with E-state index < -0.39 is 6.67 Å².